The van der Waals surface area contributed by atoms with Crippen LogP contribution in [-0.4, -0.2) is 9.78 Å². The molecule has 0 aliphatic carbocycles. The van der Waals surface area contributed by atoms with Crippen molar-refractivity contribution >= 4 is 5.69 Å². The molecule has 1 aromatic carbocycles. The number of rotatable bonds is 3. The predicted octanol–water partition coefficient (Wildman–Crippen LogP) is 2.28. The second-order valence-electron chi connectivity index (χ2n) is 3.20. The van der Waals surface area contributed by atoms with E-state index in [2.05, 4.69) is 5.10 Å². The summed E-state index contributed by atoms with van der Waals surface area (Å²) in [5.41, 5.74) is 6.30. The first-order chi connectivity index (χ1) is 7.28. The van der Waals surface area contributed by atoms with Gasteiger partial charge in [0.05, 0.1) is 12.4 Å². The molecule has 0 spiro atoms. The van der Waals surface area contributed by atoms with Crippen LogP contribution in [0.25, 0.3) is 0 Å². The van der Waals surface area contributed by atoms with Crippen molar-refractivity contribution in [2.24, 2.45) is 0 Å². The number of anilines is 1. The molecule has 0 unspecified atom stereocenters. The van der Waals surface area contributed by atoms with Crippen LogP contribution in [0.15, 0.2) is 36.7 Å². The molecular formula is C11H13N3O. The molecule has 78 valence electrons. The summed E-state index contributed by atoms with van der Waals surface area (Å²) in [6.45, 7) is 2.87. The molecule has 0 saturated carbocycles. The van der Waals surface area contributed by atoms with Crippen molar-refractivity contribution in [3.63, 3.8) is 0 Å². The summed E-state index contributed by atoms with van der Waals surface area (Å²) in [4.78, 5) is 0. The number of ether oxygens (including phenoxy) is 1. The van der Waals surface area contributed by atoms with Gasteiger partial charge >= 0.3 is 0 Å². The second-order valence-corrected chi connectivity index (χ2v) is 3.20. The minimum atomic E-state index is 0.728. The van der Waals surface area contributed by atoms with Crippen LogP contribution in [0, 0.1) is 0 Å². The van der Waals surface area contributed by atoms with Crippen molar-refractivity contribution < 1.29 is 4.74 Å². The monoisotopic (exact) mass is 203 g/mol. The zero-order valence-electron chi connectivity index (χ0n) is 8.55. The first-order valence-corrected chi connectivity index (χ1v) is 4.84. The van der Waals surface area contributed by atoms with Crippen LogP contribution in [0.5, 0.6) is 11.5 Å². The normalized spacial score (nSPS) is 10.2. The number of hydrogen-bond acceptors (Lipinski definition) is 3. The highest BCUT2D eigenvalue weighted by Crippen LogP contribution is 2.21. The SMILES string of the molecule is CCn1cc(Oc2ccc(N)cc2)cn1. The highest BCUT2D eigenvalue weighted by Gasteiger charge is 1.99. The molecule has 0 radical (unpaired) electrons. The summed E-state index contributed by atoms with van der Waals surface area (Å²) in [6, 6.07) is 7.27. The van der Waals surface area contributed by atoms with Gasteiger partial charge in [-0.1, -0.05) is 0 Å². The number of benzene rings is 1. The van der Waals surface area contributed by atoms with Gasteiger partial charge in [0.25, 0.3) is 0 Å². The van der Waals surface area contributed by atoms with Crippen LogP contribution >= 0.6 is 0 Å². The molecule has 0 fully saturated rings. The van der Waals surface area contributed by atoms with Crippen LogP contribution < -0.4 is 10.5 Å². The zero-order valence-corrected chi connectivity index (χ0v) is 8.55. The molecule has 0 aliphatic rings. The Balaban J connectivity index is 2.11. The van der Waals surface area contributed by atoms with Gasteiger partial charge in [-0.15, -0.1) is 0 Å². The summed E-state index contributed by atoms with van der Waals surface area (Å²) in [5, 5.41) is 4.12. The Labute approximate surface area is 88.3 Å². The highest BCUT2D eigenvalue weighted by atomic mass is 16.5. The van der Waals surface area contributed by atoms with Gasteiger partial charge in [0.1, 0.15) is 5.75 Å². The molecule has 0 atom stereocenters. The molecule has 1 aromatic heterocycles. The van der Waals surface area contributed by atoms with Crippen LogP contribution in [0.2, 0.25) is 0 Å². The lowest BCUT2D eigenvalue weighted by Crippen LogP contribution is -1.92. The number of hydrogen-bond donors (Lipinski definition) is 1. The van der Waals surface area contributed by atoms with Gasteiger partial charge in [0, 0.05) is 12.2 Å². The van der Waals surface area contributed by atoms with Gasteiger partial charge in [-0.2, -0.15) is 5.10 Å². The zero-order chi connectivity index (χ0) is 10.7. The molecule has 0 amide bonds. The predicted molar refractivity (Wildman–Crippen MR) is 58.8 cm³/mol. The number of nitrogen functional groups attached to an aromatic ring is 1. The Morgan fingerprint density at radius 3 is 2.60 bits per heavy atom. The summed E-state index contributed by atoms with van der Waals surface area (Å²) < 4.78 is 7.39. The van der Waals surface area contributed by atoms with Gasteiger partial charge in [-0.3, -0.25) is 4.68 Å². The van der Waals surface area contributed by atoms with Crippen molar-refractivity contribution in [3.05, 3.63) is 36.7 Å². The third-order valence-corrected chi connectivity index (χ3v) is 2.05. The van der Waals surface area contributed by atoms with E-state index in [1.807, 2.05) is 29.9 Å². The molecule has 0 saturated heterocycles. The summed E-state index contributed by atoms with van der Waals surface area (Å²) in [6.07, 6.45) is 3.55. The fourth-order valence-corrected chi connectivity index (χ4v) is 1.24. The largest absolute Gasteiger partial charge is 0.454 e. The van der Waals surface area contributed by atoms with Crippen LogP contribution in [0.1, 0.15) is 6.92 Å². The lowest BCUT2D eigenvalue weighted by atomic mass is 10.3. The van der Waals surface area contributed by atoms with Gasteiger partial charge in [0.15, 0.2) is 5.75 Å². The molecule has 4 nitrogen and oxygen atoms in total. The fraction of sp³-hybridized carbons (Fsp3) is 0.182. The average Bonchev–Trinajstić information content (AvgIpc) is 2.69. The number of nitrogens with two attached hydrogens (primary N) is 1. The van der Waals surface area contributed by atoms with Crippen molar-refractivity contribution in [2.75, 3.05) is 5.73 Å². The molecule has 2 N–H and O–H groups in total. The molecule has 0 bridgehead atoms. The Hall–Kier alpha value is -1.97. The van der Waals surface area contributed by atoms with Crippen LogP contribution in [-0.2, 0) is 6.54 Å². The Morgan fingerprint density at radius 2 is 2.00 bits per heavy atom. The summed E-state index contributed by atoms with van der Waals surface area (Å²) in [5.74, 6) is 1.50. The van der Waals surface area contributed by atoms with Gasteiger partial charge in [-0.25, -0.2) is 0 Å². The van der Waals surface area contributed by atoms with E-state index in [0.29, 0.717) is 0 Å². The molecule has 15 heavy (non-hydrogen) atoms. The van der Waals surface area contributed by atoms with Crippen molar-refractivity contribution in [3.8, 4) is 11.5 Å². The minimum absolute atomic E-state index is 0.728. The maximum Gasteiger partial charge on any atom is 0.165 e. The highest BCUT2D eigenvalue weighted by molar-refractivity contribution is 5.42. The minimum Gasteiger partial charge on any atom is -0.454 e. The quantitative estimate of drug-likeness (QED) is 0.778. The lowest BCUT2D eigenvalue weighted by molar-refractivity contribution is 0.481. The van der Waals surface area contributed by atoms with E-state index in [0.717, 1.165) is 23.7 Å². The van der Waals surface area contributed by atoms with Crippen molar-refractivity contribution in [1.82, 2.24) is 9.78 Å². The molecular weight excluding hydrogens is 190 g/mol. The smallest absolute Gasteiger partial charge is 0.165 e. The molecule has 2 rings (SSSR count). The van der Waals surface area contributed by atoms with Gasteiger partial charge in [0.2, 0.25) is 0 Å². The van der Waals surface area contributed by atoms with Crippen molar-refractivity contribution in [1.29, 1.82) is 0 Å². The Morgan fingerprint density at radius 1 is 1.27 bits per heavy atom. The molecule has 2 aromatic rings. The van der Waals surface area contributed by atoms with Crippen LogP contribution in [0.4, 0.5) is 5.69 Å². The number of aryl methyl sites for hydroxylation is 1. The van der Waals surface area contributed by atoms with Gasteiger partial charge in [-0.05, 0) is 31.2 Å². The number of nitrogens with zero attached hydrogens (tertiary/aromatic N) is 2. The molecule has 1 heterocycles. The van der Waals surface area contributed by atoms with E-state index >= 15 is 0 Å². The maximum atomic E-state index is 5.58. The fourth-order valence-electron chi connectivity index (χ4n) is 1.24. The van der Waals surface area contributed by atoms with E-state index in [-0.39, 0.29) is 0 Å². The molecule has 0 aliphatic heterocycles. The average molecular weight is 203 g/mol. The third kappa shape index (κ3) is 2.28. The molecule has 4 heteroatoms. The topological polar surface area (TPSA) is 53.1 Å². The van der Waals surface area contributed by atoms with E-state index in [9.17, 15) is 0 Å². The second kappa shape index (κ2) is 4.04. The van der Waals surface area contributed by atoms with Crippen LogP contribution in [0.3, 0.4) is 0 Å². The summed E-state index contributed by atoms with van der Waals surface area (Å²) >= 11 is 0. The first kappa shape index (κ1) is 9.58. The van der Waals surface area contributed by atoms with E-state index in [1.165, 1.54) is 0 Å². The van der Waals surface area contributed by atoms with E-state index in [1.54, 1.807) is 18.3 Å². The lowest BCUT2D eigenvalue weighted by Gasteiger charge is -2.02. The van der Waals surface area contributed by atoms with E-state index < -0.39 is 0 Å². The van der Waals surface area contributed by atoms with Gasteiger partial charge < -0.3 is 10.5 Å². The van der Waals surface area contributed by atoms with Crippen molar-refractivity contribution in [2.45, 2.75) is 13.5 Å². The third-order valence-electron chi connectivity index (χ3n) is 2.05. The van der Waals surface area contributed by atoms with E-state index in [4.69, 9.17) is 10.5 Å². The number of aromatic nitrogens is 2. The standard InChI is InChI=1S/C11H13N3O/c1-2-14-8-11(7-13-14)15-10-5-3-9(12)4-6-10/h3-8H,2,12H2,1H3. The maximum absolute atomic E-state index is 5.58. The Bertz CT molecular complexity index is 433. The summed E-state index contributed by atoms with van der Waals surface area (Å²) in [7, 11) is 0. The Kier molecular flexibility index (Phi) is 2.58. The first-order valence-electron chi connectivity index (χ1n) is 4.84.